The zero-order valence-corrected chi connectivity index (χ0v) is 14.8. The number of anilines is 1. The fourth-order valence-electron chi connectivity index (χ4n) is 2.42. The summed E-state index contributed by atoms with van der Waals surface area (Å²) >= 11 is 0. The molecule has 0 aliphatic rings. The number of carboxylic acid groups (broad SMARTS) is 1. The molecule has 2 rings (SSSR count). The number of hydrogen-bond acceptors (Lipinski definition) is 2. The van der Waals surface area contributed by atoms with Crippen LogP contribution in [0.5, 0.6) is 0 Å². The predicted molar refractivity (Wildman–Crippen MR) is 98.6 cm³/mol. The van der Waals surface area contributed by atoms with Gasteiger partial charge in [-0.1, -0.05) is 63.2 Å². The monoisotopic (exact) mass is 340 g/mol. The smallest absolute Gasteiger partial charge is 0.323 e. The molecule has 2 amide bonds. The lowest BCUT2D eigenvalue weighted by molar-refractivity contribution is -0.137. The summed E-state index contributed by atoms with van der Waals surface area (Å²) < 4.78 is 0. The number of aliphatic carboxylic acids is 1. The second kappa shape index (κ2) is 7.83. The Bertz CT molecular complexity index is 719. The Balaban J connectivity index is 2.09. The predicted octanol–water partition coefficient (Wildman–Crippen LogP) is 4.10. The van der Waals surface area contributed by atoms with E-state index in [0.717, 1.165) is 11.1 Å². The van der Waals surface area contributed by atoms with Gasteiger partial charge in [-0.2, -0.15) is 0 Å². The molecule has 5 heteroatoms. The molecule has 0 saturated heterocycles. The van der Waals surface area contributed by atoms with Gasteiger partial charge in [0, 0.05) is 12.2 Å². The van der Waals surface area contributed by atoms with Crippen LogP contribution in [-0.4, -0.2) is 28.6 Å². The number of carboxylic acids is 1. The first-order chi connectivity index (χ1) is 11.8. The highest BCUT2D eigenvalue weighted by Gasteiger charge is 2.18. The molecule has 0 aromatic heterocycles. The number of nitrogens with one attached hydrogen (secondary N) is 1. The van der Waals surface area contributed by atoms with Crippen LogP contribution in [0, 0.1) is 0 Å². The van der Waals surface area contributed by atoms with Crippen LogP contribution in [0.15, 0.2) is 54.6 Å². The molecule has 0 spiro atoms. The van der Waals surface area contributed by atoms with E-state index >= 15 is 0 Å². The van der Waals surface area contributed by atoms with Gasteiger partial charge in [0.1, 0.15) is 6.54 Å². The van der Waals surface area contributed by atoms with Crippen molar-refractivity contribution in [1.29, 1.82) is 0 Å². The van der Waals surface area contributed by atoms with E-state index in [0.29, 0.717) is 5.69 Å². The summed E-state index contributed by atoms with van der Waals surface area (Å²) in [7, 11) is 0. The number of amides is 2. The van der Waals surface area contributed by atoms with Gasteiger partial charge in [-0.15, -0.1) is 0 Å². The molecule has 0 unspecified atom stereocenters. The normalized spacial score (nSPS) is 11.0. The molecule has 2 N–H and O–H groups in total. The number of urea groups is 1. The molecule has 0 bridgehead atoms. The van der Waals surface area contributed by atoms with E-state index < -0.39 is 12.0 Å². The third-order valence-corrected chi connectivity index (χ3v) is 3.83. The van der Waals surface area contributed by atoms with E-state index in [2.05, 4.69) is 26.1 Å². The van der Waals surface area contributed by atoms with Crippen molar-refractivity contribution in [3.05, 3.63) is 65.7 Å². The average molecular weight is 340 g/mol. The summed E-state index contributed by atoms with van der Waals surface area (Å²) in [5.41, 5.74) is 2.71. The molecular weight excluding hydrogens is 316 g/mol. The van der Waals surface area contributed by atoms with Crippen molar-refractivity contribution >= 4 is 17.7 Å². The van der Waals surface area contributed by atoms with Crippen LogP contribution in [0.1, 0.15) is 31.9 Å². The van der Waals surface area contributed by atoms with Gasteiger partial charge in [-0.3, -0.25) is 4.79 Å². The second-order valence-electron chi connectivity index (χ2n) is 6.99. The van der Waals surface area contributed by atoms with Crippen LogP contribution in [0.3, 0.4) is 0 Å². The van der Waals surface area contributed by atoms with Gasteiger partial charge in [0.05, 0.1) is 0 Å². The van der Waals surface area contributed by atoms with Crippen LogP contribution >= 0.6 is 0 Å². The molecule has 132 valence electrons. The third kappa shape index (κ3) is 5.64. The Morgan fingerprint density at radius 2 is 1.60 bits per heavy atom. The maximum atomic E-state index is 12.5. The van der Waals surface area contributed by atoms with Crippen LogP contribution in [0.2, 0.25) is 0 Å². The van der Waals surface area contributed by atoms with Gasteiger partial charge in [0.25, 0.3) is 0 Å². The lowest BCUT2D eigenvalue weighted by Gasteiger charge is -2.22. The van der Waals surface area contributed by atoms with Crippen molar-refractivity contribution in [3.63, 3.8) is 0 Å². The maximum Gasteiger partial charge on any atom is 0.323 e. The molecule has 2 aromatic carbocycles. The maximum absolute atomic E-state index is 12.5. The summed E-state index contributed by atoms with van der Waals surface area (Å²) in [6.45, 7) is 6.24. The van der Waals surface area contributed by atoms with E-state index in [1.54, 1.807) is 0 Å². The summed E-state index contributed by atoms with van der Waals surface area (Å²) in [6, 6.07) is 16.5. The highest BCUT2D eigenvalue weighted by molar-refractivity contribution is 5.91. The average Bonchev–Trinajstić information content (AvgIpc) is 2.54. The van der Waals surface area contributed by atoms with Gasteiger partial charge in [0.2, 0.25) is 0 Å². The van der Waals surface area contributed by atoms with Gasteiger partial charge in [-0.25, -0.2) is 4.79 Å². The molecule has 2 aromatic rings. The van der Waals surface area contributed by atoms with E-state index in [1.165, 1.54) is 4.90 Å². The Hall–Kier alpha value is -2.82. The minimum atomic E-state index is -1.05. The summed E-state index contributed by atoms with van der Waals surface area (Å²) in [4.78, 5) is 24.8. The van der Waals surface area contributed by atoms with Crippen molar-refractivity contribution in [1.82, 2.24) is 4.90 Å². The fraction of sp³-hybridized carbons (Fsp3) is 0.300. The van der Waals surface area contributed by atoms with Crippen molar-refractivity contribution in [2.45, 2.75) is 32.7 Å². The van der Waals surface area contributed by atoms with Crippen molar-refractivity contribution in [3.8, 4) is 0 Å². The minimum absolute atomic E-state index is 0.0329. The highest BCUT2D eigenvalue weighted by atomic mass is 16.4. The molecule has 0 aliphatic carbocycles. The van der Waals surface area contributed by atoms with Crippen LogP contribution in [-0.2, 0) is 16.8 Å². The molecule has 0 radical (unpaired) electrons. The number of hydrogen-bond donors (Lipinski definition) is 2. The summed E-state index contributed by atoms with van der Waals surface area (Å²) in [5, 5.41) is 11.9. The van der Waals surface area contributed by atoms with Crippen LogP contribution in [0.25, 0.3) is 0 Å². The first kappa shape index (κ1) is 18.5. The van der Waals surface area contributed by atoms with Gasteiger partial charge in [-0.05, 0) is 28.7 Å². The first-order valence-corrected chi connectivity index (χ1v) is 8.18. The zero-order chi connectivity index (χ0) is 18.4. The lowest BCUT2D eigenvalue weighted by atomic mass is 9.87. The zero-order valence-electron chi connectivity index (χ0n) is 14.8. The summed E-state index contributed by atoms with van der Waals surface area (Å²) in [5.74, 6) is -1.05. The Morgan fingerprint density at radius 1 is 1.00 bits per heavy atom. The molecule has 0 aliphatic heterocycles. The molecule has 0 saturated carbocycles. The summed E-state index contributed by atoms with van der Waals surface area (Å²) in [6.07, 6.45) is 0. The number of benzene rings is 2. The molecule has 0 atom stereocenters. The van der Waals surface area contributed by atoms with Crippen molar-refractivity contribution in [2.24, 2.45) is 0 Å². The SMILES string of the molecule is CC(C)(C)c1ccc(NC(=O)N(CC(=O)O)Cc2ccccc2)cc1. The number of nitrogens with zero attached hydrogens (tertiary/aromatic N) is 1. The van der Waals surface area contributed by atoms with E-state index in [-0.39, 0.29) is 18.5 Å². The second-order valence-corrected chi connectivity index (χ2v) is 6.99. The topological polar surface area (TPSA) is 69.6 Å². The molecule has 25 heavy (non-hydrogen) atoms. The first-order valence-electron chi connectivity index (χ1n) is 8.18. The Morgan fingerprint density at radius 3 is 2.12 bits per heavy atom. The fourth-order valence-corrected chi connectivity index (χ4v) is 2.42. The van der Waals surface area contributed by atoms with E-state index in [1.807, 2.05) is 54.6 Å². The molecule has 0 fully saturated rings. The van der Waals surface area contributed by atoms with Gasteiger partial charge >= 0.3 is 12.0 Å². The van der Waals surface area contributed by atoms with Crippen LogP contribution in [0.4, 0.5) is 10.5 Å². The highest BCUT2D eigenvalue weighted by Crippen LogP contribution is 2.23. The number of carbonyl (C=O) groups is 2. The van der Waals surface area contributed by atoms with Gasteiger partial charge < -0.3 is 15.3 Å². The van der Waals surface area contributed by atoms with E-state index in [4.69, 9.17) is 5.11 Å². The quantitative estimate of drug-likeness (QED) is 0.861. The Kier molecular flexibility index (Phi) is 5.80. The molecule has 0 heterocycles. The minimum Gasteiger partial charge on any atom is -0.480 e. The largest absolute Gasteiger partial charge is 0.480 e. The standard InChI is InChI=1S/C20H24N2O3/c1-20(2,3)16-9-11-17(12-10-16)21-19(25)22(14-18(23)24)13-15-7-5-4-6-8-15/h4-12H,13-14H2,1-3H3,(H,21,25)(H,23,24). The van der Waals surface area contributed by atoms with Gasteiger partial charge in [0.15, 0.2) is 0 Å². The Labute approximate surface area is 148 Å². The van der Waals surface area contributed by atoms with Crippen molar-refractivity contribution < 1.29 is 14.7 Å². The molecule has 5 nitrogen and oxygen atoms in total. The third-order valence-electron chi connectivity index (χ3n) is 3.83. The van der Waals surface area contributed by atoms with E-state index in [9.17, 15) is 9.59 Å². The number of carbonyl (C=O) groups excluding carboxylic acids is 1. The van der Waals surface area contributed by atoms with Crippen molar-refractivity contribution in [2.75, 3.05) is 11.9 Å². The molecular formula is C20H24N2O3. The van der Waals surface area contributed by atoms with Crippen LogP contribution < -0.4 is 5.32 Å². The number of rotatable bonds is 5. The lowest BCUT2D eigenvalue weighted by Crippen LogP contribution is -2.38.